The highest BCUT2D eigenvalue weighted by Gasteiger charge is 2.31. The summed E-state index contributed by atoms with van der Waals surface area (Å²) in [6, 6.07) is 11.7. The third-order valence-corrected chi connectivity index (χ3v) is 6.86. The van der Waals surface area contributed by atoms with Gasteiger partial charge in [0.05, 0.1) is 0 Å². The van der Waals surface area contributed by atoms with Gasteiger partial charge in [-0.05, 0) is 24.8 Å². The second-order valence-electron chi connectivity index (χ2n) is 9.42. The van der Waals surface area contributed by atoms with E-state index in [0.29, 0.717) is 12.1 Å². The predicted molar refractivity (Wildman–Crippen MR) is 145 cm³/mol. The lowest BCUT2D eigenvalue weighted by Gasteiger charge is -2.34. The molecular weight excluding hydrogens is 527 g/mol. The molecule has 1 N–H and O–H groups in total. The second kappa shape index (κ2) is 12.7. The highest BCUT2D eigenvalue weighted by molar-refractivity contribution is 14.0. The summed E-state index contributed by atoms with van der Waals surface area (Å²) in [5.41, 5.74) is 1.38. The number of carbonyl (C=O) groups excluding carboxylic acids is 1. The fraction of sp³-hybridized carbons (Fsp3) is 0.600. The van der Waals surface area contributed by atoms with Crippen LogP contribution in [0, 0.1) is 0 Å². The lowest BCUT2D eigenvalue weighted by atomic mass is 10.0. The first kappa shape index (κ1) is 26.0. The van der Waals surface area contributed by atoms with E-state index < -0.39 is 0 Å². The fourth-order valence-electron chi connectivity index (χ4n) is 4.81. The maximum absolute atomic E-state index is 12.2. The average molecular weight is 567 g/mol. The zero-order chi connectivity index (χ0) is 22.3. The van der Waals surface area contributed by atoms with Crippen molar-refractivity contribution in [3.8, 4) is 0 Å². The molecule has 1 aromatic rings. The molecular formula is C25H39IN6O. The van der Waals surface area contributed by atoms with Crippen LogP contribution in [0.2, 0.25) is 0 Å². The van der Waals surface area contributed by atoms with Crippen molar-refractivity contribution in [2.75, 3.05) is 59.9 Å². The van der Waals surface area contributed by atoms with Crippen LogP contribution in [-0.4, -0.2) is 103 Å². The summed E-state index contributed by atoms with van der Waals surface area (Å²) in [6.07, 6.45) is 7.87. The Kier molecular flexibility index (Phi) is 10.0. The van der Waals surface area contributed by atoms with Gasteiger partial charge in [0, 0.05) is 72.0 Å². The number of piperidine rings is 1. The van der Waals surface area contributed by atoms with Gasteiger partial charge in [0.15, 0.2) is 5.96 Å². The minimum Gasteiger partial charge on any atom is -0.353 e. The summed E-state index contributed by atoms with van der Waals surface area (Å²) in [5.74, 6) is 0.956. The van der Waals surface area contributed by atoms with Gasteiger partial charge in [-0.2, -0.15) is 0 Å². The smallest absolute Gasteiger partial charge is 0.243 e. The summed E-state index contributed by atoms with van der Waals surface area (Å²) in [4.78, 5) is 26.0. The first-order valence-corrected chi connectivity index (χ1v) is 12.0. The monoisotopic (exact) mass is 566 g/mol. The standard InChI is InChI=1S/C25H38N6O.HI/c1-28(2)24(32)18-26-25(31-17-12-23(20-31)30-13-6-7-14-30)27-22-10-15-29(16-11-22)19-21-8-4-3-5-9-21;/h3-9,22-23H,10-20H2,1-2H3,(H,26,27);1H. The number of hydrogen-bond acceptors (Lipinski definition) is 4. The molecule has 2 fully saturated rings. The molecule has 7 nitrogen and oxygen atoms in total. The predicted octanol–water partition coefficient (Wildman–Crippen LogP) is 2.25. The summed E-state index contributed by atoms with van der Waals surface area (Å²) in [7, 11) is 3.58. The van der Waals surface area contributed by atoms with Gasteiger partial charge in [0.1, 0.15) is 6.54 Å². The Bertz CT molecular complexity index is 798. The van der Waals surface area contributed by atoms with Crippen molar-refractivity contribution in [1.29, 1.82) is 0 Å². The Balaban J connectivity index is 0.00000306. The van der Waals surface area contributed by atoms with Gasteiger partial charge in [0.25, 0.3) is 0 Å². The highest BCUT2D eigenvalue weighted by atomic mass is 127. The second-order valence-corrected chi connectivity index (χ2v) is 9.42. The minimum atomic E-state index is 0. The van der Waals surface area contributed by atoms with Gasteiger partial charge in [-0.1, -0.05) is 42.5 Å². The molecule has 0 aromatic heterocycles. The molecule has 0 saturated carbocycles. The van der Waals surface area contributed by atoms with Crippen LogP contribution in [0.4, 0.5) is 0 Å². The van der Waals surface area contributed by atoms with E-state index in [0.717, 1.165) is 71.0 Å². The lowest BCUT2D eigenvalue weighted by Crippen LogP contribution is -2.50. The SMILES string of the molecule is CN(C)C(=O)CN=C(NC1CCN(Cc2ccccc2)CC1)N1CCC(N2CC=CC2)C1.I. The van der Waals surface area contributed by atoms with Gasteiger partial charge < -0.3 is 15.1 Å². The molecule has 0 bridgehead atoms. The van der Waals surface area contributed by atoms with Gasteiger partial charge in [-0.15, -0.1) is 24.0 Å². The van der Waals surface area contributed by atoms with E-state index in [1.54, 1.807) is 19.0 Å². The summed E-state index contributed by atoms with van der Waals surface area (Å²) in [6.45, 7) is 7.47. The normalized spacial score (nSPS) is 22.4. The number of aliphatic imine (C=N–C) groups is 1. The number of nitrogens with one attached hydrogen (secondary N) is 1. The van der Waals surface area contributed by atoms with Crippen LogP contribution in [0.5, 0.6) is 0 Å². The number of nitrogens with zero attached hydrogens (tertiary/aromatic N) is 5. The van der Waals surface area contributed by atoms with Crippen LogP contribution < -0.4 is 5.32 Å². The summed E-state index contributed by atoms with van der Waals surface area (Å²) < 4.78 is 0. The molecule has 1 atom stereocenters. The zero-order valence-electron chi connectivity index (χ0n) is 20.0. The third-order valence-electron chi connectivity index (χ3n) is 6.86. The Hall–Kier alpha value is -1.65. The number of carbonyl (C=O) groups is 1. The number of rotatable bonds is 6. The number of guanidine groups is 1. The van der Waals surface area contributed by atoms with Crippen molar-refractivity contribution in [3.63, 3.8) is 0 Å². The van der Waals surface area contributed by atoms with E-state index in [9.17, 15) is 4.79 Å². The van der Waals surface area contributed by atoms with E-state index in [4.69, 9.17) is 4.99 Å². The molecule has 3 heterocycles. The van der Waals surface area contributed by atoms with Gasteiger partial charge in [-0.3, -0.25) is 14.6 Å². The average Bonchev–Trinajstić information content (AvgIpc) is 3.50. The number of likely N-dealkylation sites (N-methyl/N-ethyl adjacent to an activating group) is 1. The largest absolute Gasteiger partial charge is 0.353 e. The molecule has 0 spiro atoms. The van der Waals surface area contributed by atoms with Crippen LogP contribution >= 0.6 is 24.0 Å². The summed E-state index contributed by atoms with van der Waals surface area (Å²) in [5, 5.41) is 3.73. The van der Waals surface area contributed by atoms with Crippen LogP contribution in [0.1, 0.15) is 24.8 Å². The highest BCUT2D eigenvalue weighted by Crippen LogP contribution is 2.19. The quantitative estimate of drug-likeness (QED) is 0.248. The number of halogens is 1. The zero-order valence-corrected chi connectivity index (χ0v) is 22.4. The van der Waals surface area contributed by atoms with Crippen molar-refractivity contribution >= 4 is 35.8 Å². The van der Waals surface area contributed by atoms with Crippen LogP contribution in [0.25, 0.3) is 0 Å². The Morgan fingerprint density at radius 3 is 2.42 bits per heavy atom. The molecule has 0 radical (unpaired) electrons. The third kappa shape index (κ3) is 7.42. The topological polar surface area (TPSA) is 54.4 Å². The molecule has 33 heavy (non-hydrogen) atoms. The number of amides is 1. The van der Waals surface area contributed by atoms with Crippen LogP contribution in [0.15, 0.2) is 47.5 Å². The van der Waals surface area contributed by atoms with E-state index in [-0.39, 0.29) is 36.4 Å². The molecule has 1 amide bonds. The van der Waals surface area contributed by atoms with E-state index in [1.807, 2.05) is 0 Å². The Labute approximate surface area is 215 Å². The maximum Gasteiger partial charge on any atom is 0.243 e. The van der Waals surface area contributed by atoms with Gasteiger partial charge >= 0.3 is 0 Å². The van der Waals surface area contributed by atoms with Crippen LogP contribution in [-0.2, 0) is 11.3 Å². The molecule has 2 saturated heterocycles. The maximum atomic E-state index is 12.2. The van der Waals surface area contributed by atoms with Crippen molar-refractivity contribution in [2.24, 2.45) is 4.99 Å². The minimum absolute atomic E-state index is 0. The molecule has 3 aliphatic rings. The molecule has 1 aromatic carbocycles. The van der Waals surface area contributed by atoms with E-state index in [1.165, 1.54) is 5.56 Å². The molecule has 4 rings (SSSR count). The van der Waals surface area contributed by atoms with Crippen LogP contribution in [0.3, 0.4) is 0 Å². The molecule has 3 aliphatic heterocycles. The number of hydrogen-bond donors (Lipinski definition) is 1. The first-order valence-electron chi connectivity index (χ1n) is 12.0. The molecule has 8 heteroatoms. The molecule has 1 unspecified atom stereocenters. The van der Waals surface area contributed by atoms with Gasteiger partial charge in [-0.25, -0.2) is 4.99 Å². The van der Waals surface area contributed by atoms with E-state index >= 15 is 0 Å². The lowest BCUT2D eigenvalue weighted by molar-refractivity contribution is -0.127. The summed E-state index contributed by atoms with van der Waals surface area (Å²) >= 11 is 0. The van der Waals surface area contributed by atoms with E-state index in [2.05, 4.69) is 62.5 Å². The molecule has 0 aliphatic carbocycles. The van der Waals surface area contributed by atoms with Crippen molar-refractivity contribution < 1.29 is 4.79 Å². The van der Waals surface area contributed by atoms with Crippen molar-refractivity contribution in [1.82, 2.24) is 24.9 Å². The molecule has 182 valence electrons. The Morgan fingerprint density at radius 2 is 1.76 bits per heavy atom. The number of benzene rings is 1. The van der Waals surface area contributed by atoms with Crippen molar-refractivity contribution in [3.05, 3.63) is 48.0 Å². The van der Waals surface area contributed by atoms with Crippen molar-refractivity contribution in [2.45, 2.75) is 37.9 Å². The van der Waals surface area contributed by atoms with Gasteiger partial charge in [0.2, 0.25) is 5.91 Å². The fourth-order valence-corrected chi connectivity index (χ4v) is 4.81. The Morgan fingerprint density at radius 1 is 1.06 bits per heavy atom. The number of likely N-dealkylation sites (tertiary alicyclic amines) is 2. The first-order chi connectivity index (χ1) is 15.6.